The highest BCUT2D eigenvalue weighted by atomic mass is 32.1. The van der Waals surface area contributed by atoms with Crippen LogP contribution in [0.2, 0.25) is 0 Å². The summed E-state index contributed by atoms with van der Waals surface area (Å²) in [6.45, 7) is 0. The van der Waals surface area contributed by atoms with Crippen molar-refractivity contribution in [3.05, 3.63) is 46.7 Å². The first-order chi connectivity index (χ1) is 8.70. The molecule has 0 amide bonds. The average Bonchev–Trinajstić information content (AvgIpc) is 2.89. The second-order valence-electron chi connectivity index (χ2n) is 3.64. The third kappa shape index (κ3) is 2.81. The minimum absolute atomic E-state index is 0.670. The molecule has 4 nitrogen and oxygen atoms in total. The first-order valence-corrected chi connectivity index (χ1v) is 6.23. The molecule has 0 saturated heterocycles. The van der Waals surface area contributed by atoms with Gasteiger partial charge in [-0.2, -0.15) is 0 Å². The van der Waals surface area contributed by atoms with Crippen molar-refractivity contribution >= 4 is 23.0 Å². The Morgan fingerprint density at radius 1 is 1.39 bits per heavy atom. The van der Waals surface area contributed by atoms with Crippen molar-refractivity contribution in [2.75, 3.05) is 12.4 Å². The monoisotopic (exact) mass is 262 g/mol. The van der Waals surface area contributed by atoms with Crippen molar-refractivity contribution in [1.29, 1.82) is 0 Å². The summed E-state index contributed by atoms with van der Waals surface area (Å²) in [6.07, 6.45) is 0. The third-order valence-corrected chi connectivity index (χ3v) is 3.38. The number of nitrogens with one attached hydrogen (secondary N) is 1. The number of hydrogen-bond donors (Lipinski definition) is 1. The SMILES string of the molecule is COc1cccc(N[C@H](C(=O)[O-])c2cccs2)c1. The highest BCUT2D eigenvalue weighted by Gasteiger charge is 2.13. The van der Waals surface area contributed by atoms with Gasteiger partial charge in [0.05, 0.1) is 13.1 Å². The van der Waals surface area contributed by atoms with Crippen molar-refractivity contribution in [2.45, 2.75) is 6.04 Å². The molecule has 2 aromatic rings. The van der Waals surface area contributed by atoms with Crippen LogP contribution >= 0.6 is 11.3 Å². The Balaban J connectivity index is 2.21. The molecule has 0 radical (unpaired) electrons. The molecule has 1 aromatic carbocycles. The van der Waals surface area contributed by atoms with E-state index in [2.05, 4.69) is 5.32 Å². The number of methoxy groups -OCH3 is 1. The molecule has 94 valence electrons. The number of ether oxygens (including phenoxy) is 1. The van der Waals surface area contributed by atoms with Crippen LogP contribution in [0.5, 0.6) is 5.75 Å². The summed E-state index contributed by atoms with van der Waals surface area (Å²) >= 11 is 1.37. The number of carbonyl (C=O) groups is 1. The predicted molar refractivity (Wildman–Crippen MR) is 68.7 cm³/mol. The normalized spacial score (nSPS) is 11.8. The lowest BCUT2D eigenvalue weighted by atomic mass is 10.2. The number of hydrogen-bond acceptors (Lipinski definition) is 5. The van der Waals surface area contributed by atoms with Crippen molar-refractivity contribution in [2.24, 2.45) is 0 Å². The van der Waals surface area contributed by atoms with Gasteiger partial charge in [-0.1, -0.05) is 12.1 Å². The van der Waals surface area contributed by atoms with Crippen LogP contribution in [0.25, 0.3) is 0 Å². The molecule has 1 N–H and O–H groups in total. The van der Waals surface area contributed by atoms with Crippen LogP contribution in [-0.2, 0) is 4.79 Å². The lowest BCUT2D eigenvalue weighted by molar-refractivity contribution is -0.307. The van der Waals surface area contributed by atoms with Gasteiger partial charge in [-0.25, -0.2) is 0 Å². The fourth-order valence-electron chi connectivity index (χ4n) is 1.58. The molecule has 0 aliphatic rings. The van der Waals surface area contributed by atoms with Crippen LogP contribution in [0.15, 0.2) is 41.8 Å². The van der Waals surface area contributed by atoms with Gasteiger partial charge in [0.2, 0.25) is 0 Å². The molecule has 5 heteroatoms. The van der Waals surface area contributed by atoms with Crippen LogP contribution < -0.4 is 15.2 Å². The maximum Gasteiger partial charge on any atom is 0.120 e. The number of aliphatic carboxylic acids is 1. The number of carboxylic acid groups (broad SMARTS) is 1. The van der Waals surface area contributed by atoms with Gasteiger partial charge in [-0.15, -0.1) is 11.3 Å². The second kappa shape index (κ2) is 5.55. The summed E-state index contributed by atoms with van der Waals surface area (Å²) < 4.78 is 5.09. The quantitative estimate of drug-likeness (QED) is 0.890. The average molecular weight is 262 g/mol. The van der Waals surface area contributed by atoms with Crippen molar-refractivity contribution < 1.29 is 14.6 Å². The minimum atomic E-state index is -1.15. The maximum absolute atomic E-state index is 11.2. The number of carbonyl (C=O) groups excluding carboxylic acids is 1. The second-order valence-corrected chi connectivity index (χ2v) is 4.62. The van der Waals surface area contributed by atoms with Crippen LogP contribution in [-0.4, -0.2) is 13.1 Å². The molecule has 18 heavy (non-hydrogen) atoms. The molecule has 0 unspecified atom stereocenters. The third-order valence-electron chi connectivity index (χ3n) is 2.44. The number of benzene rings is 1. The molecule has 0 aliphatic carbocycles. The molecular weight excluding hydrogens is 250 g/mol. The Bertz CT molecular complexity index is 525. The summed E-state index contributed by atoms with van der Waals surface area (Å²) in [5.41, 5.74) is 0.678. The van der Waals surface area contributed by atoms with E-state index in [1.807, 2.05) is 11.4 Å². The van der Waals surface area contributed by atoms with E-state index in [1.165, 1.54) is 11.3 Å². The molecule has 0 fully saturated rings. The Hall–Kier alpha value is -2.01. The Labute approximate surface area is 109 Å². The lowest BCUT2D eigenvalue weighted by Gasteiger charge is -2.19. The summed E-state index contributed by atoms with van der Waals surface area (Å²) in [5, 5.41) is 15.9. The number of anilines is 1. The van der Waals surface area contributed by atoms with E-state index >= 15 is 0 Å². The van der Waals surface area contributed by atoms with Gasteiger partial charge < -0.3 is 20.0 Å². The van der Waals surface area contributed by atoms with Gasteiger partial charge >= 0.3 is 0 Å². The zero-order valence-corrected chi connectivity index (χ0v) is 10.6. The molecule has 0 aliphatic heterocycles. The molecule has 1 heterocycles. The fourth-order valence-corrected chi connectivity index (χ4v) is 2.34. The molecule has 1 aromatic heterocycles. The van der Waals surface area contributed by atoms with Gasteiger partial charge in [-0.05, 0) is 23.6 Å². The zero-order chi connectivity index (χ0) is 13.0. The molecular formula is C13H12NO3S-. The van der Waals surface area contributed by atoms with E-state index < -0.39 is 12.0 Å². The van der Waals surface area contributed by atoms with E-state index in [0.717, 1.165) is 0 Å². The standard InChI is InChI=1S/C13H13NO3S/c1-17-10-5-2-4-9(8-10)14-12(13(15)16)11-6-3-7-18-11/h2-8,12,14H,1H3,(H,15,16)/p-1/t12-/m0/s1. The smallest absolute Gasteiger partial charge is 0.120 e. The first kappa shape index (κ1) is 12.4. The van der Waals surface area contributed by atoms with Crippen LogP contribution in [0, 0.1) is 0 Å². The number of rotatable bonds is 5. The van der Waals surface area contributed by atoms with Crippen LogP contribution in [0.3, 0.4) is 0 Å². The van der Waals surface area contributed by atoms with Gasteiger partial charge in [0.25, 0.3) is 0 Å². The summed E-state index contributed by atoms with van der Waals surface area (Å²) in [4.78, 5) is 11.9. The Kier molecular flexibility index (Phi) is 3.84. The van der Waals surface area contributed by atoms with E-state index in [-0.39, 0.29) is 0 Å². The summed E-state index contributed by atoms with van der Waals surface area (Å²) in [6, 6.07) is 9.83. The Morgan fingerprint density at radius 3 is 2.83 bits per heavy atom. The summed E-state index contributed by atoms with van der Waals surface area (Å²) in [5.74, 6) is -0.483. The van der Waals surface area contributed by atoms with Gasteiger partial charge in [0, 0.05) is 16.6 Å². The molecule has 0 spiro atoms. The maximum atomic E-state index is 11.2. The fraction of sp³-hybridized carbons (Fsp3) is 0.154. The molecule has 0 saturated carbocycles. The molecule has 2 rings (SSSR count). The van der Waals surface area contributed by atoms with E-state index in [0.29, 0.717) is 16.3 Å². The first-order valence-electron chi connectivity index (χ1n) is 5.35. The summed E-state index contributed by atoms with van der Waals surface area (Å²) in [7, 11) is 1.56. The van der Waals surface area contributed by atoms with Gasteiger partial charge in [0.15, 0.2) is 0 Å². The van der Waals surface area contributed by atoms with Crippen LogP contribution in [0.1, 0.15) is 10.9 Å². The number of carboxylic acids is 1. The van der Waals surface area contributed by atoms with E-state index in [4.69, 9.17) is 4.74 Å². The molecule has 1 atom stereocenters. The number of thiophene rings is 1. The largest absolute Gasteiger partial charge is 0.547 e. The van der Waals surface area contributed by atoms with Crippen molar-refractivity contribution in [1.82, 2.24) is 0 Å². The van der Waals surface area contributed by atoms with Gasteiger partial charge in [0.1, 0.15) is 11.8 Å². The topological polar surface area (TPSA) is 61.4 Å². The van der Waals surface area contributed by atoms with Gasteiger partial charge in [-0.3, -0.25) is 0 Å². The van der Waals surface area contributed by atoms with Crippen molar-refractivity contribution in [3.8, 4) is 5.75 Å². The minimum Gasteiger partial charge on any atom is -0.547 e. The molecule has 0 bridgehead atoms. The highest BCUT2D eigenvalue weighted by molar-refractivity contribution is 7.10. The highest BCUT2D eigenvalue weighted by Crippen LogP contribution is 2.25. The van der Waals surface area contributed by atoms with E-state index in [9.17, 15) is 9.90 Å². The Morgan fingerprint density at radius 2 is 2.22 bits per heavy atom. The van der Waals surface area contributed by atoms with Crippen molar-refractivity contribution in [3.63, 3.8) is 0 Å². The van der Waals surface area contributed by atoms with Crippen LogP contribution in [0.4, 0.5) is 5.69 Å². The van der Waals surface area contributed by atoms with E-state index in [1.54, 1.807) is 37.4 Å². The zero-order valence-electron chi connectivity index (χ0n) is 9.75. The lowest BCUT2D eigenvalue weighted by Crippen LogP contribution is -2.33. The predicted octanol–water partition coefficient (Wildman–Crippen LogP) is 1.66.